The predicted octanol–water partition coefficient (Wildman–Crippen LogP) is 6.73. The lowest BCUT2D eigenvalue weighted by atomic mass is 9.82. The van der Waals surface area contributed by atoms with Gasteiger partial charge in [0.15, 0.2) is 0 Å². The van der Waals surface area contributed by atoms with E-state index in [0.717, 1.165) is 17.5 Å². The standard InChI is InChI=1S/C27H24ClF3N2O4/c28-20-5-6-23-18(10-20)11-21(37-23)14-33-8-7-17-9-19(27(29,30)31)12-22(24(17)33)25(34)32-13-15-1-3-16(4-2-15)26(35)36/h5-12,15-16H,1-4,13-14H2,(H,32,34)(H,35,36). The number of benzene rings is 2. The molecule has 194 valence electrons. The average molecular weight is 533 g/mol. The summed E-state index contributed by atoms with van der Waals surface area (Å²) in [5.41, 5.74) is 0.0285. The Hall–Kier alpha value is -3.46. The van der Waals surface area contributed by atoms with Crippen molar-refractivity contribution in [3.8, 4) is 0 Å². The fourth-order valence-corrected chi connectivity index (χ4v) is 5.26. The second kappa shape index (κ2) is 9.78. The fourth-order valence-electron chi connectivity index (χ4n) is 5.08. The Bertz CT molecular complexity index is 1480. The number of halogens is 4. The maximum atomic E-state index is 13.6. The van der Waals surface area contributed by atoms with Crippen LogP contribution in [0.4, 0.5) is 13.2 Å². The van der Waals surface area contributed by atoms with Crippen LogP contribution in [0, 0.1) is 11.8 Å². The van der Waals surface area contributed by atoms with Crippen molar-refractivity contribution in [1.82, 2.24) is 9.88 Å². The van der Waals surface area contributed by atoms with Crippen molar-refractivity contribution in [2.75, 3.05) is 6.54 Å². The van der Waals surface area contributed by atoms with Crippen LogP contribution in [0.25, 0.3) is 21.9 Å². The molecule has 0 radical (unpaired) electrons. The number of hydrogen-bond donors (Lipinski definition) is 2. The van der Waals surface area contributed by atoms with Crippen LogP contribution in [0.2, 0.25) is 5.02 Å². The Kier molecular flexibility index (Phi) is 6.66. The minimum atomic E-state index is -4.61. The third-order valence-electron chi connectivity index (χ3n) is 7.04. The van der Waals surface area contributed by atoms with E-state index in [1.807, 2.05) is 6.07 Å². The van der Waals surface area contributed by atoms with Gasteiger partial charge in [-0.05, 0) is 74.1 Å². The molecule has 37 heavy (non-hydrogen) atoms. The van der Waals surface area contributed by atoms with Gasteiger partial charge in [-0.2, -0.15) is 13.2 Å². The summed E-state index contributed by atoms with van der Waals surface area (Å²) < 4.78 is 48.5. The van der Waals surface area contributed by atoms with Crippen LogP contribution in [-0.2, 0) is 17.5 Å². The monoisotopic (exact) mass is 532 g/mol. The lowest BCUT2D eigenvalue weighted by Gasteiger charge is -2.26. The van der Waals surface area contributed by atoms with Gasteiger partial charge in [-0.25, -0.2) is 0 Å². The molecule has 1 amide bonds. The highest BCUT2D eigenvalue weighted by atomic mass is 35.5. The summed E-state index contributed by atoms with van der Waals surface area (Å²) in [5.74, 6) is -1.16. The molecule has 5 rings (SSSR count). The molecule has 2 N–H and O–H groups in total. The Morgan fingerprint density at radius 2 is 1.81 bits per heavy atom. The van der Waals surface area contributed by atoms with Crippen molar-refractivity contribution in [1.29, 1.82) is 0 Å². The van der Waals surface area contributed by atoms with Crippen molar-refractivity contribution in [2.24, 2.45) is 11.8 Å². The predicted molar refractivity (Wildman–Crippen MR) is 133 cm³/mol. The summed E-state index contributed by atoms with van der Waals surface area (Å²) in [6, 6.07) is 10.5. The molecule has 1 fully saturated rings. The molecule has 0 saturated heterocycles. The first-order chi connectivity index (χ1) is 17.6. The molecule has 2 aromatic carbocycles. The Morgan fingerprint density at radius 1 is 1.05 bits per heavy atom. The number of fused-ring (bicyclic) bond motifs is 2. The molecule has 2 heterocycles. The third-order valence-corrected chi connectivity index (χ3v) is 7.27. The number of carbonyl (C=O) groups excluding carboxylic acids is 1. The van der Waals surface area contributed by atoms with E-state index < -0.39 is 23.6 Å². The number of amides is 1. The Balaban J connectivity index is 1.43. The largest absolute Gasteiger partial charge is 0.481 e. The number of nitrogens with zero attached hydrogens (tertiary/aromatic N) is 1. The Labute approximate surface area is 215 Å². The normalized spacial score (nSPS) is 18.4. The van der Waals surface area contributed by atoms with Crippen molar-refractivity contribution >= 4 is 45.3 Å². The molecule has 2 aromatic heterocycles. The highest BCUT2D eigenvalue weighted by Gasteiger charge is 2.33. The van der Waals surface area contributed by atoms with Crippen molar-refractivity contribution in [3.63, 3.8) is 0 Å². The van der Waals surface area contributed by atoms with Crippen LogP contribution >= 0.6 is 11.6 Å². The van der Waals surface area contributed by atoms with E-state index in [-0.39, 0.29) is 30.5 Å². The molecule has 1 aliphatic carbocycles. The molecule has 1 saturated carbocycles. The molecule has 0 atom stereocenters. The SMILES string of the molecule is O=C(NCC1CCC(C(=O)O)CC1)c1cc(C(F)(F)F)cc2ccn(Cc3cc4cc(Cl)ccc4o3)c12. The van der Waals surface area contributed by atoms with E-state index in [2.05, 4.69) is 5.32 Å². The number of carbonyl (C=O) groups is 2. The highest BCUT2D eigenvalue weighted by molar-refractivity contribution is 6.31. The molecule has 0 spiro atoms. The summed E-state index contributed by atoms with van der Waals surface area (Å²) in [6.45, 7) is 0.481. The van der Waals surface area contributed by atoms with Crippen LogP contribution in [0.3, 0.4) is 0 Å². The molecule has 0 unspecified atom stereocenters. The van der Waals surface area contributed by atoms with E-state index >= 15 is 0 Å². The molecule has 0 bridgehead atoms. The maximum Gasteiger partial charge on any atom is 0.416 e. The van der Waals surface area contributed by atoms with E-state index in [4.69, 9.17) is 16.0 Å². The highest BCUT2D eigenvalue weighted by Crippen LogP contribution is 2.35. The lowest BCUT2D eigenvalue weighted by Crippen LogP contribution is -2.32. The van der Waals surface area contributed by atoms with E-state index in [1.54, 1.807) is 35.0 Å². The first kappa shape index (κ1) is 25.2. The van der Waals surface area contributed by atoms with Gasteiger partial charge in [0, 0.05) is 28.5 Å². The van der Waals surface area contributed by atoms with E-state index in [1.165, 1.54) is 0 Å². The molecule has 1 aliphatic rings. The minimum absolute atomic E-state index is 0.0757. The van der Waals surface area contributed by atoms with E-state index in [0.29, 0.717) is 53.0 Å². The third kappa shape index (κ3) is 5.32. The molecule has 10 heteroatoms. The summed E-state index contributed by atoms with van der Waals surface area (Å²) in [5, 5.41) is 13.6. The molecule has 6 nitrogen and oxygen atoms in total. The van der Waals surface area contributed by atoms with Crippen LogP contribution in [-0.4, -0.2) is 28.1 Å². The zero-order valence-corrected chi connectivity index (χ0v) is 20.4. The fraction of sp³-hybridized carbons (Fsp3) is 0.333. The number of nitrogens with one attached hydrogen (secondary N) is 1. The number of alkyl halides is 3. The minimum Gasteiger partial charge on any atom is -0.481 e. The van der Waals surface area contributed by atoms with Gasteiger partial charge in [-0.1, -0.05) is 11.6 Å². The van der Waals surface area contributed by atoms with Gasteiger partial charge in [-0.3, -0.25) is 9.59 Å². The molecular weight excluding hydrogens is 509 g/mol. The number of aliphatic carboxylic acids is 1. The van der Waals surface area contributed by atoms with Gasteiger partial charge in [0.1, 0.15) is 11.3 Å². The second-order valence-corrected chi connectivity index (χ2v) is 10.0. The lowest BCUT2D eigenvalue weighted by molar-refractivity contribution is -0.143. The van der Waals surface area contributed by atoms with Gasteiger partial charge in [0.05, 0.1) is 29.1 Å². The van der Waals surface area contributed by atoms with E-state index in [9.17, 15) is 27.9 Å². The zero-order valence-electron chi connectivity index (χ0n) is 19.6. The second-order valence-electron chi connectivity index (χ2n) is 9.56. The van der Waals surface area contributed by atoms with Gasteiger partial charge in [-0.15, -0.1) is 0 Å². The van der Waals surface area contributed by atoms with Crippen LogP contribution in [0.1, 0.15) is 47.4 Å². The van der Waals surface area contributed by atoms with Crippen LogP contribution in [0.15, 0.2) is 53.1 Å². The topological polar surface area (TPSA) is 84.5 Å². The smallest absolute Gasteiger partial charge is 0.416 e. The summed E-state index contributed by atoms with van der Waals surface area (Å²) in [6.07, 6.45) is -0.651. The maximum absolute atomic E-state index is 13.6. The van der Waals surface area contributed by atoms with Gasteiger partial charge in [0.25, 0.3) is 5.91 Å². The van der Waals surface area contributed by atoms with Gasteiger partial charge >= 0.3 is 12.1 Å². The van der Waals surface area contributed by atoms with Gasteiger partial charge < -0.3 is 19.4 Å². The summed E-state index contributed by atoms with van der Waals surface area (Å²) in [7, 11) is 0. The zero-order chi connectivity index (χ0) is 26.3. The summed E-state index contributed by atoms with van der Waals surface area (Å²) >= 11 is 6.05. The first-order valence-electron chi connectivity index (χ1n) is 12.0. The Morgan fingerprint density at radius 3 is 2.51 bits per heavy atom. The van der Waals surface area contributed by atoms with Crippen LogP contribution < -0.4 is 5.32 Å². The first-order valence-corrected chi connectivity index (χ1v) is 12.4. The van der Waals surface area contributed by atoms with Crippen molar-refractivity contribution < 1.29 is 32.3 Å². The molecular formula is C27H24ClF3N2O4. The molecule has 4 aromatic rings. The van der Waals surface area contributed by atoms with Gasteiger partial charge in [0.2, 0.25) is 0 Å². The number of hydrogen-bond acceptors (Lipinski definition) is 3. The van der Waals surface area contributed by atoms with Crippen molar-refractivity contribution in [2.45, 2.75) is 38.4 Å². The number of carboxylic acid groups (broad SMARTS) is 1. The van der Waals surface area contributed by atoms with Crippen LogP contribution in [0.5, 0.6) is 0 Å². The van der Waals surface area contributed by atoms with Crippen molar-refractivity contribution in [3.05, 3.63) is 70.6 Å². The average Bonchev–Trinajstić information content (AvgIpc) is 3.45. The number of aromatic nitrogens is 1. The quantitative estimate of drug-likeness (QED) is 0.288. The number of furan rings is 1. The summed E-state index contributed by atoms with van der Waals surface area (Å²) in [4.78, 5) is 24.4. The number of carboxylic acids is 1. The number of rotatable bonds is 6. The molecule has 0 aliphatic heterocycles.